The van der Waals surface area contributed by atoms with E-state index in [1.54, 1.807) is 37.3 Å². The second-order valence-corrected chi connectivity index (χ2v) is 12.0. The van der Waals surface area contributed by atoms with E-state index in [-0.39, 0.29) is 23.2 Å². The number of hydrogen-bond acceptors (Lipinski definition) is 4. The second-order valence-electron chi connectivity index (χ2n) is 8.91. The number of anilines is 1. The van der Waals surface area contributed by atoms with Crippen molar-refractivity contribution < 1.29 is 18.0 Å². The Bertz CT molecular complexity index is 1170. The van der Waals surface area contributed by atoms with Crippen molar-refractivity contribution in [2.24, 2.45) is 0 Å². The number of sulfonamides is 1. The molecule has 2 rings (SSSR count). The normalized spacial score (nSPS) is 12.7. The standard InChI is InChI=1S/C23H28Cl3N3O4S/c1-15(22(31)27-23(2,3)4)28(13-16-10-11-17(24)19(26)12-16)21(30)14-29(34(5,32)33)20-9-7-6-8-18(20)25/h6-12,15H,13-14H2,1-5H3,(H,27,31)/t15-/m0/s1. The van der Waals surface area contributed by atoms with E-state index < -0.39 is 34.1 Å². The Hall–Kier alpha value is -2.00. The summed E-state index contributed by atoms with van der Waals surface area (Å²) in [6.45, 7) is 6.52. The van der Waals surface area contributed by atoms with E-state index >= 15 is 0 Å². The molecule has 0 radical (unpaired) electrons. The molecule has 0 spiro atoms. The van der Waals surface area contributed by atoms with E-state index in [9.17, 15) is 18.0 Å². The Morgan fingerprint density at radius 1 is 1.00 bits per heavy atom. The second kappa shape index (κ2) is 11.2. The first kappa shape index (κ1) is 28.2. The topological polar surface area (TPSA) is 86.8 Å². The third-order valence-corrected chi connectivity index (χ3v) is 6.99. The van der Waals surface area contributed by atoms with Crippen molar-refractivity contribution in [3.05, 3.63) is 63.1 Å². The molecule has 0 fully saturated rings. The van der Waals surface area contributed by atoms with Crippen molar-refractivity contribution in [1.29, 1.82) is 0 Å². The molecule has 2 aromatic rings. The first-order valence-electron chi connectivity index (χ1n) is 10.4. The van der Waals surface area contributed by atoms with Crippen LogP contribution in [0.15, 0.2) is 42.5 Å². The van der Waals surface area contributed by atoms with Gasteiger partial charge in [-0.3, -0.25) is 13.9 Å². The molecule has 0 aliphatic carbocycles. The predicted octanol–water partition coefficient (Wildman–Crippen LogP) is 4.74. The third kappa shape index (κ3) is 7.77. The maximum Gasteiger partial charge on any atom is 0.244 e. The van der Waals surface area contributed by atoms with E-state index in [0.717, 1.165) is 10.6 Å². The fourth-order valence-corrected chi connectivity index (χ4v) is 4.61. The van der Waals surface area contributed by atoms with Crippen LogP contribution < -0.4 is 9.62 Å². The summed E-state index contributed by atoms with van der Waals surface area (Å²) in [6, 6.07) is 10.3. The van der Waals surface area contributed by atoms with Crippen LogP contribution in [-0.4, -0.2) is 49.5 Å². The summed E-state index contributed by atoms with van der Waals surface area (Å²) in [5.74, 6) is -0.975. The van der Waals surface area contributed by atoms with Crippen LogP contribution in [0.1, 0.15) is 33.3 Å². The highest BCUT2D eigenvalue weighted by Gasteiger charge is 2.32. The van der Waals surface area contributed by atoms with E-state index in [4.69, 9.17) is 34.8 Å². The maximum absolute atomic E-state index is 13.5. The van der Waals surface area contributed by atoms with E-state index in [2.05, 4.69) is 5.32 Å². The average Bonchev–Trinajstić information content (AvgIpc) is 2.70. The Kier molecular flexibility index (Phi) is 9.27. The van der Waals surface area contributed by atoms with Gasteiger partial charge in [0.15, 0.2) is 0 Å². The monoisotopic (exact) mass is 547 g/mol. The first-order valence-corrected chi connectivity index (χ1v) is 13.4. The molecule has 7 nitrogen and oxygen atoms in total. The van der Waals surface area contributed by atoms with Gasteiger partial charge in [0.05, 0.1) is 27.0 Å². The molecule has 11 heteroatoms. The van der Waals surface area contributed by atoms with Crippen molar-refractivity contribution in [2.45, 2.75) is 45.8 Å². The van der Waals surface area contributed by atoms with Gasteiger partial charge in [-0.2, -0.15) is 0 Å². The van der Waals surface area contributed by atoms with Crippen LogP contribution in [0.25, 0.3) is 0 Å². The average molecular weight is 549 g/mol. The number of carbonyl (C=O) groups excluding carboxylic acids is 2. The van der Waals surface area contributed by atoms with E-state index in [0.29, 0.717) is 15.6 Å². The summed E-state index contributed by atoms with van der Waals surface area (Å²) in [5.41, 5.74) is 0.267. The SMILES string of the molecule is C[C@@H](C(=O)NC(C)(C)C)N(Cc1ccc(Cl)c(Cl)c1)C(=O)CN(c1ccccc1Cl)S(C)(=O)=O. The van der Waals surface area contributed by atoms with Crippen molar-refractivity contribution in [2.75, 3.05) is 17.1 Å². The van der Waals surface area contributed by atoms with Gasteiger partial charge in [-0.15, -0.1) is 0 Å². The zero-order valence-electron chi connectivity index (χ0n) is 19.6. The molecule has 34 heavy (non-hydrogen) atoms. The third-order valence-electron chi connectivity index (χ3n) is 4.80. The van der Waals surface area contributed by atoms with Crippen molar-refractivity contribution >= 4 is 62.3 Å². The van der Waals surface area contributed by atoms with Gasteiger partial charge >= 0.3 is 0 Å². The Labute approximate surface area is 216 Å². The van der Waals surface area contributed by atoms with Crippen LogP contribution in [0.2, 0.25) is 15.1 Å². The van der Waals surface area contributed by atoms with Crippen LogP contribution in [-0.2, 0) is 26.2 Å². The lowest BCUT2D eigenvalue weighted by Gasteiger charge is -2.33. The molecule has 0 aliphatic heterocycles. The fraction of sp³-hybridized carbons (Fsp3) is 0.391. The van der Waals surface area contributed by atoms with Crippen molar-refractivity contribution in [3.8, 4) is 0 Å². The highest BCUT2D eigenvalue weighted by molar-refractivity contribution is 7.92. The summed E-state index contributed by atoms with van der Waals surface area (Å²) >= 11 is 18.3. The summed E-state index contributed by atoms with van der Waals surface area (Å²) in [6.07, 6.45) is 0.989. The quantitative estimate of drug-likeness (QED) is 0.516. The number of para-hydroxylation sites is 1. The molecule has 0 bridgehead atoms. The van der Waals surface area contributed by atoms with E-state index in [1.165, 1.54) is 17.0 Å². The van der Waals surface area contributed by atoms with Gasteiger partial charge in [0, 0.05) is 12.1 Å². The number of nitrogens with zero attached hydrogens (tertiary/aromatic N) is 2. The summed E-state index contributed by atoms with van der Waals surface area (Å²) in [4.78, 5) is 27.7. The van der Waals surface area contributed by atoms with Gasteiger partial charge in [0.2, 0.25) is 21.8 Å². The minimum Gasteiger partial charge on any atom is -0.350 e. The molecule has 2 aromatic carbocycles. The number of carbonyl (C=O) groups is 2. The van der Waals surface area contributed by atoms with Gasteiger partial charge in [-0.25, -0.2) is 8.42 Å². The minimum absolute atomic E-state index is 0.00851. The lowest BCUT2D eigenvalue weighted by molar-refractivity contribution is -0.140. The molecular weight excluding hydrogens is 521 g/mol. The number of nitrogens with one attached hydrogen (secondary N) is 1. The zero-order valence-corrected chi connectivity index (χ0v) is 22.7. The van der Waals surface area contributed by atoms with Crippen molar-refractivity contribution in [1.82, 2.24) is 10.2 Å². The molecule has 0 saturated heterocycles. The Balaban J connectivity index is 2.44. The smallest absolute Gasteiger partial charge is 0.244 e. The zero-order chi connectivity index (χ0) is 25.8. The maximum atomic E-state index is 13.5. The highest BCUT2D eigenvalue weighted by Crippen LogP contribution is 2.28. The lowest BCUT2D eigenvalue weighted by atomic mass is 10.1. The molecule has 2 amide bonds. The lowest BCUT2D eigenvalue weighted by Crippen LogP contribution is -2.54. The van der Waals surface area contributed by atoms with Crippen LogP contribution in [0.3, 0.4) is 0 Å². The van der Waals surface area contributed by atoms with Crippen LogP contribution in [0.4, 0.5) is 5.69 Å². The summed E-state index contributed by atoms with van der Waals surface area (Å²) in [7, 11) is -3.87. The molecule has 0 aliphatic rings. The molecule has 1 N–H and O–H groups in total. The number of benzene rings is 2. The highest BCUT2D eigenvalue weighted by atomic mass is 35.5. The predicted molar refractivity (Wildman–Crippen MR) is 138 cm³/mol. The van der Waals surface area contributed by atoms with Crippen LogP contribution in [0.5, 0.6) is 0 Å². The summed E-state index contributed by atoms with van der Waals surface area (Å²) in [5, 5.41) is 3.68. The number of halogens is 3. The van der Waals surface area contributed by atoms with Gasteiger partial charge in [-0.05, 0) is 57.5 Å². The van der Waals surface area contributed by atoms with Crippen molar-refractivity contribution in [3.63, 3.8) is 0 Å². The van der Waals surface area contributed by atoms with E-state index in [1.807, 2.05) is 20.8 Å². The minimum atomic E-state index is -3.87. The number of rotatable bonds is 8. The number of amides is 2. The first-order chi connectivity index (χ1) is 15.6. The largest absolute Gasteiger partial charge is 0.350 e. The molecular formula is C23H28Cl3N3O4S. The van der Waals surface area contributed by atoms with Gasteiger partial charge < -0.3 is 10.2 Å². The van der Waals surface area contributed by atoms with Gasteiger partial charge in [0.25, 0.3) is 0 Å². The molecule has 186 valence electrons. The van der Waals surface area contributed by atoms with Crippen LogP contribution >= 0.6 is 34.8 Å². The molecule has 0 saturated carbocycles. The Morgan fingerprint density at radius 2 is 1.62 bits per heavy atom. The summed E-state index contributed by atoms with van der Waals surface area (Å²) < 4.78 is 26.0. The molecule has 0 aromatic heterocycles. The molecule has 1 atom stereocenters. The van der Waals surface area contributed by atoms with Gasteiger partial charge in [0.1, 0.15) is 12.6 Å². The van der Waals surface area contributed by atoms with Crippen LogP contribution in [0, 0.1) is 0 Å². The fourth-order valence-electron chi connectivity index (χ4n) is 3.14. The molecule has 0 heterocycles. The van der Waals surface area contributed by atoms with Gasteiger partial charge in [-0.1, -0.05) is 53.0 Å². The Morgan fingerprint density at radius 3 is 2.15 bits per heavy atom. The number of hydrogen-bond donors (Lipinski definition) is 1. The molecule has 0 unspecified atom stereocenters.